The molecule has 1 amide bonds. The van der Waals surface area contributed by atoms with E-state index in [-0.39, 0.29) is 11.9 Å². The number of carbonyl (C=O) groups is 1. The summed E-state index contributed by atoms with van der Waals surface area (Å²) < 4.78 is 1.42. The molecule has 1 N–H and O–H groups in total. The molecule has 1 unspecified atom stereocenters. The van der Waals surface area contributed by atoms with Crippen LogP contribution < -0.4 is 11.1 Å². The molecule has 0 spiro atoms. The van der Waals surface area contributed by atoms with Crippen LogP contribution >= 0.6 is 11.3 Å². The lowest BCUT2D eigenvalue weighted by Gasteiger charge is -2.24. The Kier molecular flexibility index (Phi) is 4.24. The highest BCUT2D eigenvalue weighted by molar-refractivity contribution is 7.10. The number of nitrogens with zero attached hydrogens (tertiary/aromatic N) is 2. The standard InChI is InChI=1S/C19H19N3O3S/c1-2-21-14-8-7-12(11-13(14)20-17(23)19(21)25)18(24)22-9-3-5-15(22)16-6-4-10-26-16/h4,6-8,10-11,15H,2-3,5,9H2,1H3,(H,20,23). The summed E-state index contributed by atoms with van der Waals surface area (Å²) >= 11 is 1.67. The van der Waals surface area contributed by atoms with Gasteiger partial charge in [-0.1, -0.05) is 6.07 Å². The van der Waals surface area contributed by atoms with Gasteiger partial charge in [-0.3, -0.25) is 14.4 Å². The maximum atomic E-state index is 13.1. The van der Waals surface area contributed by atoms with Crippen LogP contribution in [0.4, 0.5) is 0 Å². The smallest absolute Gasteiger partial charge is 0.316 e. The Labute approximate surface area is 153 Å². The zero-order valence-corrected chi connectivity index (χ0v) is 15.2. The molecule has 1 aliphatic rings. The minimum absolute atomic E-state index is 0.0436. The third kappa shape index (κ3) is 2.68. The number of aromatic amines is 1. The highest BCUT2D eigenvalue weighted by Crippen LogP contribution is 2.35. The Hall–Kier alpha value is -2.67. The highest BCUT2D eigenvalue weighted by Gasteiger charge is 2.31. The summed E-state index contributed by atoms with van der Waals surface area (Å²) in [5.74, 6) is -0.0436. The van der Waals surface area contributed by atoms with Crippen LogP contribution in [0.2, 0.25) is 0 Å². The molecular formula is C19H19N3O3S. The van der Waals surface area contributed by atoms with Crippen LogP contribution in [-0.2, 0) is 6.54 Å². The molecular weight excluding hydrogens is 350 g/mol. The molecule has 1 aliphatic heterocycles. The summed E-state index contributed by atoms with van der Waals surface area (Å²) in [4.78, 5) is 42.6. The maximum Gasteiger partial charge on any atom is 0.316 e. The normalized spacial score (nSPS) is 17.1. The van der Waals surface area contributed by atoms with Gasteiger partial charge in [-0.2, -0.15) is 0 Å². The fourth-order valence-electron chi connectivity index (χ4n) is 3.68. The van der Waals surface area contributed by atoms with E-state index in [0.29, 0.717) is 23.1 Å². The number of aryl methyl sites for hydroxylation is 1. The van der Waals surface area contributed by atoms with E-state index in [4.69, 9.17) is 0 Å². The first kappa shape index (κ1) is 16.8. The maximum absolute atomic E-state index is 13.1. The van der Waals surface area contributed by atoms with Crippen molar-refractivity contribution < 1.29 is 4.79 Å². The number of benzene rings is 1. The summed E-state index contributed by atoms with van der Waals surface area (Å²) in [6, 6.07) is 9.33. The second-order valence-corrected chi connectivity index (χ2v) is 7.39. The topological polar surface area (TPSA) is 75.2 Å². The van der Waals surface area contributed by atoms with E-state index in [1.165, 1.54) is 9.44 Å². The van der Waals surface area contributed by atoms with E-state index in [1.54, 1.807) is 29.5 Å². The number of amides is 1. The first-order chi connectivity index (χ1) is 12.6. The Morgan fingerprint density at radius 3 is 2.88 bits per heavy atom. The van der Waals surface area contributed by atoms with Crippen LogP contribution in [-0.4, -0.2) is 26.9 Å². The van der Waals surface area contributed by atoms with Crippen molar-refractivity contribution in [3.05, 3.63) is 66.9 Å². The van der Waals surface area contributed by atoms with Gasteiger partial charge in [0, 0.05) is 23.5 Å². The summed E-state index contributed by atoms with van der Waals surface area (Å²) in [6.45, 7) is 2.94. The second-order valence-electron chi connectivity index (χ2n) is 6.41. The SMILES string of the molecule is CCn1c(=O)c(=O)[nH]c2cc(C(=O)N3CCCC3c3cccs3)ccc21. The molecule has 1 saturated heterocycles. The van der Waals surface area contributed by atoms with Gasteiger partial charge in [0.15, 0.2) is 0 Å². The summed E-state index contributed by atoms with van der Waals surface area (Å²) in [5, 5.41) is 2.03. The van der Waals surface area contributed by atoms with Gasteiger partial charge >= 0.3 is 11.1 Å². The van der Waals surface area contributed by atoms with Crippen molar-refractivity contribution in [2.75, 3.05) is 6.54 Å². The van der Waals surface area contributed by atoms with Gasteiger partial charge in [-0.25, -0.2) is 0 Å². The van der Waals surface area contributed by atoms with E-state index < -0.39 is 11.1 Å². The van der Waals surface area contributed by atoms with Crippen LogP contribution in [0.25, 0.3) is 11.0 Å². The molecule has 1 aromatic carbocycles. The third-order valence-electron chi connectivity index (χ3n) is 4.92. The van der Waals surface area contributed by atoms with E-state index in [2.05, 4.69) is 11.1 Å². The van der Waals surface area contributed by atoms with Gasteiger partial charge in [0.25, 0.3) is 5.91 Å². The number of likely N-dealkylation sites (tertiary alicyclic amines) is 1. The van der Waals surface area contributed by atoms with E-state index in [1.807, 2.05) is 23.3 Å². The fraction of sp³-hybridized carbons (Fsp3) is 0.316. The zero-order valence-electron chi connectivity index (χ0n) is 14.4. The first-order valence-electron chi connectivity index (χ1n) is 8.71. The Balaban J connectivity index is 1.75. The fourth-order valence-corrected chi connectivity index (χ4v) is 4.55. The Morgan fingerprint density at radius 2 is 2.15 bits per heavy atom. The zero-order chi connectivity index (χ0) is 18.3. The van der Waals surface area contributed by atoms with Gasteiger partial charge in [0.1, 0.15) is 0 Å². The van der Waals surface area contributed by atoms with Crippen LogP contribution in [0.5, 0.6) is 0 Å². The van der Waals surface area contributed by atoms with Crippen molar-refractivity contribution in [1.82, 2.24) is 14.5 Å². The predicted molar refractivity (Wildman–Crippen MR) is 102 cm³/mol. The summed E-state index contributed by atoms with van der Waals surface area (Å²) in [7, 11) is 0. The Morgan fingerprint density at radius 1 is 1.31 bits per heavy atom. The Bertz CT molecular complexity index is 1080. The molecule has 3 aromatic rings. The molecule has 0 radical (unpaired) electrons. The van der Waals surface area contributed by atoms with E-state index >= 15 is 0 Å². The summed E-state index contributed by atoms with van der Waals surface area (Å²) in [5.41, 5.74) is 0.426. The van der Waals surface area contributed by atoms with Crippen molar-refractivity contribution >= 4 is 28.3 Å². The highest BCUT2D eigenvalue weighted by atomic mass is 32.1. The van der Waals surface area contributed by atoms with Crippen molar-refractivity contribution in [2.24, 2.45) is 0 Å². The summed E-state index contributed by atoms with van der Waals surface area (Å²) in [6.07, 6.45) is 1.94. The molecule has 0 saturated carbocycles. The third-order valence-corrected chi connectivity index (χ3v) is 5.90. The van der Waals surface area contributed by atoms with Crippen LogP contribution in [0, 0.1) is 0 Å². The second kappa shape index (κ2) is 6.57. The predicted octanol–water partition coefficient (Wildman–Crippen LogP) is 2.75. The lowest BCUT2D eigenvalue weighted by atomic mass is 10.1. The average molecular weight is 369 g/mol. The molecule has 2 aromatic heterocycles. The van der Waals surface area contributed by atoms with Crippen molar-refractivity contribution in [2.45, 2.75) is 32.4 Å². The number of nitrogens with one attached hydrogen (secondary N) is 1. The number of H-pyrrole nitrogens is 1. The largest absolute Gasteiger partial charge is 0.331 e. The first-order valence-corrected chi connectivity index (χ1v) is 9.59. The quantitative estimate of drug-likeness (QED) is 0.722. The molecule has 7 heteroatoms. The number of hydrogen-bond acceptors (Lipinski definition) is 4. The number of carbonyl (C=O) groups excluding carboxylic acids is 1. The molecule has 4 rings (SSSR count). The minimum atomic E-state index is -0.665. The number of rotatable bonds is 3. The number of hydrogen-bond donors (Lipinski definition) is 1. The molecule has 134 valence electrons. The number of thiophene rings is 1. The van der Waals surface area contributed by atoms with Gasteiger partial charge in [0.2, 0.25) is 0 Å². The van der Waals surface area contributed by atoms with Crippen molar-refractivity contribution in [1.29, 1.82) is 0 Å². The van der Waals surface area contributed by atoms with Crippen molar-refractivity contribution in [3.63, 3.8) is 0 Å². The van der Waals surface area contributed by atoms with Gasteiger partial charge in [-0.15, -0.1) is 11.3 Å². The van der Waals surface area contributed by atoms with Gasteiger partial charge in [0.05, 0.1) is 17.1 Å². The molecule has 0 bridgehead atoms. The average Bonchev–Trinajstić information content (AvgIpc) is 3.33. The van der Waals surface area contributed by atoms with Crippen molar-refractivity contribution in [3.8, 4) is 0 Å². The van der Waals surface area contributed by atoms with Crippen LogP contribution in [0.1, 0.15) is 41.0 Å². The van der Waals surface area contributed by atoms with Gasteiger partial charge in [-0.05, 0) is 49.4 Å². The number of fused-ring (bicyclic) bond motifs is 1. The molecule has 1 atom stereocenters. The van der Waals surface area contributed by atoms with Crippen LogP contribution in [0.15, 0.2) is 45.3 Å². The molecule has 0 aliphatic carbocycles. The minimum Gasteiger partial charge on any atom is -0.331 e. The van der Waals surface area contributed by atoms with E-state index in [9.17, 15) is 14.4 Å². The lowest BCUT2D eigenvalue weighted by molar-refractivity contribution is 0.0738. The molecule has 1 fully saturated rings. The monoisotopic (exact) mass is 369 g/mol. The molecule has 6 nitrogen and oxygen atoms in total. The number of aromatic nitrogens is 2. The van der Waals surface area contributed by atoms with Gasteiger partial charge < -0.3 is 14.5 Å². The van der Waals surface area contributed by atoms with E-state index in [0.717, 1.165) is 19.4 Å². The lowest BCUT2D eigenvalue weighted by Crippen LogP contribution is -2.36. The molecule has 26 heavy (non-hydrogen) atoms. The van der Waals surface area contributed by atoms with Crippen LogP contribution in [0.3, 0.4) is 0 Å². The molecule has 3 heterocycles.